The van der Waals surface area contributed by atoms with Crippen LogP contribution in [0.15, 0.2) is 24.3 Å². The van der Waals surface area contributed by atoms with E-state index in [0.717, 1.165) is 12.2 Å². The molecule has 2 aliphatic rings. The molecule has 1 aliphatic heterocycles. The molecule has 2 unspecified atom stereocenters. The SMILES string of the molecule is O=C/C=C/C(=O)OCCN1C(=O)C2CC=CCC2C1=O. The highest BCUT2D eigenvalue weighted by molar-refractivity contribution is 6.05. The van der Waals surface area contributed by atoms with Crippen LogP contribution in [0.3, 0.4) is 0 Å². The zero-order valence-electron chi connectivity index (χ0n) is 10.9. The first-order valence-electron chi connectivity index (χ1n) is 6.44. The zero-order valence-corrected chi connectivity index (χ0v) is 10.9. The maximum absolute atomic E-state index is 12.1. The number of ether oxygens (including phenoxy) is 1. The topological polar surface area (TPSA) is 80.8 Å². The highest BCUT2D eigenvalue weighted by atomic mass is 16.5. The van der Waals surface area contributed by atoms with Crippen molar-refractivity contribution in [1.29, 1.82) is 0 Å². The van der Waals surface area contributed by atoms with Crippen LogP contribution in [0.1, 0.15) is 12.8 Å². The molecule has 2 atom stereocenters. The van der Waals surface area contributed by atoms with E-state index in [9.17, 15) is 19.2 Å². The third-order valence-electron chi connectivity index (χ3n) is 3.47. The molecule has 1 aliphatic carbocycles. The molecule has 0 aromatic carbocycles. The summed E-state index contributed by atoms with van der Waals surface area (Å²) in [7, 11) is 0. The van der Waals surface area contributed by atoms with Gasteiger partial charge in [0, 0.05) is 6.08 Å². The quantitative estimate of drug-likeness (QED) is 0.236. The predicted octanol–water partition coefficient (Wildman–Crippen LogP) is 0.236. The molecule has 0 radical (unpaired) electrons. The summed E-state index contributed by atoms with van der Waals surface area (Å²) in [6, 6.07) is 0. The van der Waals surface area contributed by atoms with Gasteiger partial charge in [0.1, 0.15) is 12.9 Å². The van der Waals surface area contributed by atoms with Gasteiger partial charge >= 0.3 is 5.97 Å². The smallest absolute Gasteiger partial charge is 0.330 e. The number of allylic oxidation sites excluding steroid dienone is 3. The first-order chi connectivity index (χ1) is 9.65. The predicted molar refractivity (Wildman–Crippen MR) is 68.2 cm³/mol. The number of fused-ring (bicyclic) bond motifs is 1. The lowest BCUT2D eigenvalue weighted by Gasteiger charge is -2.14. The number of rotatable bonds is 5. The number of aldehydes is 1. The van der Waals surface area contributed by atoms with Gasteiger partial charge in [-0.25, -0.2) is 4.79 Å². The van der Waals surface area contributed by atoms with Gasteiger partial charge in [-0.15, -0.1) is 0 Å². The molecule has 0 N–H and O–H groups in total. The van der Waals surface area contributed by atoms with E-state index in [1.54, 1.807) is 0 Å². The summed E-state index contributed by atoms with van der Waals surface area (Å²) in [5, 5.41) is 0. The number of nitrogens with zero attached hydrogens (tertiary/aromatic N) is 1. The number of esters is 1. The van der Waals surface area contributed by atoms with E-state index >= 15 is 0 Å². The maximum Gasteiger partial charge on any atom is 0.330 e. The van der Waals surface area contributed by atoms with E-state index in [1.807, 2.05) is 12.2 Å². The molecular weight excluding hydrogens is 262 g/mol. The number of hydrogen-bond acceptors (Lipinski definition) is 5. The van der Waals surface area contributed by atoms with Crippen LogP contribution in [0.4, 0.5) is 0 Å². The Morgan fingerprint density at radius 2 is 1.85 bits per heavy atom. The number of imide groups is 1. The van der Waals surface area contributed by atoms with E-state index in [1.165, 1.54) is 4.90 Å². The highest BCUT2D eigenvalue weighted by Crippen LogP contribution is 2.34. The molecule has 1 fully saturated rings. The van der Waals surface area contributed by atoms with Crippen molar-refractivity contribution in [2.45, 2.75) is 12.8 Å². The second-order valence-corrected chi connectivity index (χ2v) is 4.65. The van der Waals surface area contributed by atoms with Crippen LogP contribution < -0.4 is 0 Å². The Kier molecular flexibility index (Phi) is 4.45. The summed E-state index contributed by atoms with van der Waals surface area (Å²) >= 11 is 0. The molecule has 2 amide bonds. The van der Waals surface area contributed by atoms with Gasteiger partial charge in [0.15, 0.2) is 0 Å². The van der Waals surface area contributed by atoms with Crippen LogP contribution in [0, 0.1) is 11.8 Å². The minimum absolute atomic E-state index is 0.0608. The summed E-state index contributed by atoms with van der Waals surface area (Å²) in [6.07, 6.45) is 7.49. The van der Waals surface area contributed by atoms with Crippen molar-refractivity contribution in [2.75, 3.05) is 13.2 Å². The average molecular weight is 277 g/mol. The Balaban J connectivity index is 1.86. The van der Waals surface area contributed by atoms with E-state index in [2.05, 4.69) is 0 Å². The zero-order chi connectivity index (χ0) is 14.5. The van der Waals surface area contributed by atoms with Crippen LogP contribution in [0.2, 0.25) is 0 Å². The van der Waals surface area contributed by atoms with Crippen molar-refractivity contribution in [1.82, 2.24) is 4.90 Å². The van der Waals surface area contributed by atoms with E-state index < -0.39 is 5.97 Å². The monoisotopic (exact) mass is 277 g/mol. The molecule has 0 bridgehead atoms. The standard InChI is InChI=1S/C14H15NO5/c16-8-3-6-12(17)20-9-7-15-13(18)10-4-1-2-5-11(10)14(15)19/h1-3,6,8,10-11H,4-5,7,9H2/b6-3+. The Labute approximate surface area is 116 Å². The first-order valence-corrected chi connectivity index (χ1v) is 6.44. The number of carbonyl (C=O) groups excluding carboxylic acids is 4. The molecular formula is C14H15NO5. The van der Waals surface area contributed by atoms with Crippen molar-refractivity contribution in [3.8, 4) is 0 Å². The van der Waals surface area contributed by atoms with Crippen LogP contribution >= 0.6 is 0 Å². The van der Waals surface area contributed by atoms with Crippen molar-refractivity contribution in [3.63, 3.8) is 0 Å². The van der Waals surface area contributed by atoms with Gasteiger partial charge in [-0.05, 0) is 18.9 Å². The first kappa shape index (κ1) is 14.2. The molecule has 6 nitrogen and oxygen atoms in total. The minimum atomic E-state index is -0.671. The number of amides is 2. The summed E-state index contributed by atoms with van der Waals surface area (Å²) in [6.45, 7) is -0.00227. The van der Waals surface area contributed by atoms with Crippen LogP contribution in [0.25, 0.3) is 0 Å². The van der Waals surface area contributed by atoms with Gasteiger partial charge in [-0.2, -0.15) is 0 Å². The average Bonchev–Trinajstić information content (AvgIpc) is 2.70. The van der Waals surface area contributed by atoms with Crippen LogP contribution in [-0.2, 0) is 23.9 Å². The molecule has 2 rings (SSSR count). The van der Waals surface area contributed by atoms with E-state index in [4.69, 9.17) is 4.74 Å². The Bertz CT molecular complexity index is 468. The van der Waals surface area contributed by atoms with Gasteiger partial charge in [-0.3, -0.25) is 19.3 Å². The van der Waals surface area contributed by atoms with E-state index in [0.29, 0.717) is 19.1 Å². The summed E-state index contributed by atoms with van der Waals surface area (Å²) < 4.78 is 4.81. The van der Waals surface area contributed by atoms with Crippen molar-refractivity contribution in [3.05, 3.63) is 24.3 Å². The lowest BCUT2D eigenvalue weighted by Crippen LogP contribution is -2.34. The van der Waals surface area contributed by atoms with Crippen LogP contribution in [0.5, 0.6) is 0 Å². The van der Waals surface area contributed by atoms with Crippen molar-refractivity contribution >= 4 is 24.1 Å². The van der Waals surface area contributed by atoms with Gasteiger partial charge in [0.25, 0.3) is 0 Å². The third-order valence-corrected chi connectivity index (χ3v) is 3.47. The van der Waals surface area contributed by atoms with E-state index in [-0.39, 0.29) is 36.8 Å². The van der Waals surface area contributed by atoms with Crippen molar-refractivity contribution in [2.24, 2.45) is 11.8 Å². The minimum Gasteiger partial charge on any atom is -0.461 e. The number of carbonyl (C=O) groups is 4. The molecule has 0 aromatic heterocycles. The number of hydrogen-bond donors (Lipinski definition) is 0. The molecule has 0 aromatic rings. The maximum atomic E-state index is 12.1. The summed E-state index contributed by atoms with van der Waals surface area (Å²) in [5.74, 6) is -1.58. The normalized spacial score (nSPS) is 25.1. The van der Waals surface area contributed by atoms with Crippen molar-refractivity contribution < 1.29 is 23.9 Å². The van der Waals surface area contributed by atoms with Gasteiger partial charge in [0.05, 0.1) is 18.4 Å². The molecule has 20 heavy (non-hydrogen) atoms. The number of likely N-dealkylation sites (tertiary alicyclic amines) is 1. The Morgan fingerprint density at radius 1 is 1.25 bits per heavy atom. The molecule has 6 heteroatoms. The molecule has 0 saturated carbocycles. The van der Waals surface area contributed by atoms with Gasteiger partial charge < -0.3 is 4.74 Å². The van der Waals surface area contributed by atoms with Gasteiger partial charge in [0.2, 0.25) is 11.8 Å². The Hall–Kier alpha value is -2.24. The molecule has 106 valence electrons. The fourth-order valence-corrected chi connectivity index (χ4v) is 2.49. The summed E-state index contributed by atoms with van der Waals surface area (Å²) in [5.41, 5.74) is 0. The largest absolute Gasteiger partial charge is 0.461 e. The molecule has 1 saturated heterocycles. The third kappa shape index (κ3) is 2.84. The highest BCUT2D eigenvalue weighted by Gasteiger charge is 2.46. The summed E-state index contributed by atoms with van der Waals surface area (Å²) in [4.78, 5) is 46.5. The molecule has 1 heterocycles. The van der Waals surface area contributed by atoms with Gasteiger partial charge in [-0.1, -0.05) is 12.2 Å². The lowest BCUT2D eigenvalue weighted by atomic mass is 9.85. The fourth-order valence-electron chi connectivity index (χ4n) is 2.49. The molecule has 0 spiro atoms. The lowest BCUT2D eigenvalue weighted by molar-refractivity contribution is -0.145. The second kappa shape index (κ2) is 6.27. The van der Waals surface area contributed by atoms with Crippen LogP contribution in [-0.4, -0.2) is 42.1 Å². The Morgan fingerprint density at radius 3 is 2.40 bits per heavy atom. The fraction of sp³-hybridized carbons (Fsp3) is 0.429. The second-order valence-electron chi connectivity index (χ2n) is 4.65.